The summed E-state index contributed by atoms with van der Waals surface area (Å²) in [5.74, 6) is 0.841. The molecule has 0 N–H and O–H groups in total. The molecule has 2 rings (SSSR count). The average Bonchev–Trinajstić information content (AvgIpc) is 2.04. The van der Waals surface area contributed by atoms with E-state index in [1.807, 2.05) is 0 Å². The number of hydrogen-bond donors (Lipinski definition) is 0. The van der Waals surface area contributed by atoms with E-state index in [4.69, 9.17) is 4.74 Å². The molecule has 58 valence electrons. The first kappa shape index (κ1) is 6.66. The van der Waals surface area contributed by atoms with Gasteiger partial charge in [-0.25, -0.2) is 0 Å². The smallest absolute Gasteiger partial charge is 0.0730 e. The van der Waals surface area contributed by atoms with Crippen LogP contribution in [0.2, 0.25) is 0 Å². The second kappa shape index (κ2) is 2.23. The van der Waals surface area contributed by atoms with Crippen molar-refractivity contribution >= 4 is 0 Å². The maximum Gasteiger partial charge on any atom is 0.0730 e. The molecule has 1 unspecified atom stereocenters. The van der Waals surface area contributed by atoms with Crippen molar-refractivity contribution in [2.75, 3.05) is 6.61 Å². The third kappa shape index (κ3) is 0.800. The van der Waals surface area contributed by atoms with Gasteiger partial charge in [0.05, 0.1) is 12.2 Å². The number of hydrogen-bond acceptors (Lipinski definition) is 1. The molecule has 10 heavy (non-hydrogen) atoms. The maximum atomic E-state index is 5.67. The lowest BCUT2D eigenvalue weighted by Gasteiger charge is -2.50. The van der Waals surface area contributed by atoms with Gasteiger partial charge in [-0.3, -0.25) is 0 Å². The molecule has 1 aliphatic heterocycles. The molecule has 1 heterocycles. The Labute approximate surface area is 62.8 Å². The van der Waals surface area contributed by atoms with Gasteiger partial charge in [-0.1, -0.05) is 26.2 Å². The van der Waals surface area contributed by atoms with Crippen molar-refractivity contribution in [2.24, 2.45) is 5.92 Å². The van der Waals surface area contributed by atoms with Gasteiger partial charge in [-0.15, -0.1) is 0 Å². The van der Waals surface area contributed by atoms with Crippen molar-refractivity contribution in [3.8, 4) is 0 Å². The van der Waals surface area contributed by atoms with Gasteiger partial charge in [0.15, 0.2) is 0 Å². The monoisotopic (exact) mass is 140 g/mol. The van der Waals surface area contributed by atoms with Crippen molar-refractivity contribution in [1.29, 1.82) is 0 Å². The Morgan fingerprint density at radius 2 is 1.90 bits per heavy atom. The fraction of sp³-hybridized carbons (Fsp3) is 1.00. The van der Waals surface area contributed by atoms with Crippen LogP contribution in [0.4, 0.5) is 0 Å². The van der Waals surface area contributed by atoms with Gasteiger partial charge in [0.25, 0.3) is 0 Å². The van der Waals surface area contributed by atoms with Crippen LogP contribution in [-0.4, -0.2) is 12.2 Å². The molecule has 1 nitrogen and oxygen atoms in total. The predicted molar refractivity (Wildman–Crippen MR) is 40.9 cm³/mol. The highest BCUT2D eigenvalue weighted by Gasteiger charge is 2.45. The van der Waals surface area contributed by atoms with Crippen LogP contribution in [0.25, 0.3) is 0 Å². The minimum atomic E-state index is 0.359. The van der Waals surface area contributed by atoms with Gasteiger partial charge in [0.2, 0.25) is 0 Å². The summed E-state index contributed by atoms with van der Waals surface area (Å²) >= 11 is 0. The molecule has 2 aliphatic rings. The van der Waals surface area contributed by atoms with Crippen LogP contribution in [0.3, 0.4) is 0 Å². The summed E-state index contributed by atoms with van der Waals surface area (Å²) in [6.45, 7) is 3.34. The van der Waals surface area contributed by atoms with E-state index in [1.165, 1.54) is 32.1 Å². The largest absolute Gasteiger partial charge is 0.374 e. The second-order valence-corrected chi connectivity index (χ2v) is 3.84. The molecule has 0 aromatic rings. The minimum Gasteiger partial charge on any atom is -0.374 e. The lowest BCUT2D eigenvalue weighted by molar-refractivity contribution is -0.212. The molecule has 0 aromatic carbocycles. The molecule has 1 heteroatoms. The third-order valence-electron chi connectivity index (χ3n) is 3.22. The fourth-order valence-corrected chi connectivity index (χ4v) is 2.27. The second-order valence-electron chi connectivity index (χ2n) is 3.84. The van der Waals surface area contributed by atoms with Crippen LogP contribution in [0, 0.1) is 5.92 Å². The number of rotatable bonds is 0. The summed E-state index contributed by atoms with van der Waals surface area (Å²) in [5, 5.41) is 0. The van der Waals surface area contributed by atoms with Crippen LogP contribution in [0.1, 0.15) is 39.0 Å². The molecular formula is C9H16O. The normalized spacial score (nSPS) is 37.5. The van der Waals surface area contributed by atoms with E-state index in [9.17, 15) is 0 Å². The van der Waals surface area contributed by atoms with E-state index in [2.05, 4.69) is 6.92 Å². The molecule has 0 radical (unpaired) electrons. The van der Waals surface area contributed by atoms with E-state index >= 15 is 0 Å². The summed E-state index contributed by atoms with van der Waals surface area (Å²) in [5.41, 5.74) is 0.359. The Balaban J connectivity index is 1.99. The summed E-state index contributed by atoms with van der Waals surface area (Å²) < 4.78 is 5.67. The van der Waals surface area contributed by atoms with Gasteiger partial charge in [-0.2, -0.15) is 0 Å². The fourth-order valence-electron chi connectivity index (χ4n) is 2.27. The third-order valence-corrected chi connectivity index (χ3v) is 3.22. The first-order valence-electron chi connectivity index (χ1n) is 4.47. The Morgan fingerprint density at radius 3 is 2.20 bits per heavy atom. The van der Waals surface area contributed by atoms with Gasteiger partial charge >= 0.3 is 0 Å². The molecule has 1 aliphatic carbocycles. The molecule has 1 spiro atoms. The Bertz CT molecular complexity index is 125. The zero-order valence-corrected chi connectivity index (χ0v) is 6.73. The highest BCUT2D eigenvalue weighted by atomic mass is 16.5. The van der Waals surface area contributed by atoms with Crippen molar-refractivity contribution < 1.29 is 4.74 Å². The molecule has 1 atom stereocenters. The first-order valence-corrected chi connectivity index (χ1v) is 4.47. The predicted octanol–water partition coefficient (Wildman–Crippen LogP) is 2.36. The van der Waals surface area contributed by atoms with Gasteiger partial charge < -0.3 is 4.74 Å². The molecule has 2 fully saturated rings. The SMILES string of the molecule is CC1COC12CCCCC2. The zero-order chi connectivity index (χ0) is 7.03. The van der Waals surface area contributed by atoms with Crippen LogP contribution in [0.15, 0.2) is 0 Å². The zero-order valence-electron chi connectivity index (χ0n) is 6.73. The topological polar surface area (TPSA) is 9.23 Å². The van der Waals surface area contributed by atoms with Gasteiger partial charge in [0, 0.05) is 5.92 Å². The highest BCUT2D eigenvalue weighted by Crippen LogP contribution is 2.44. The maximum absolute atomic E-state index is 5.67. The number of ether oxygens (including phenoxy) is 1. The lowest BCUT2D eigenvalue weighted by Crippen LogP contribution is -2.53. The van der Waals surface area contributed by atoms with E-state index < -0.39 is 0 Å². The Morgan fingerprint density at radius 1 is 1.20 bits per heavy atom. The van der Waals surface area contributed by atoms with Gasteiger partial charge in [0.1, 0.15) is 0 Å². The summed E-state index contributed by atoms with van der Waals surface area (Å²) in [6, 6.07) is 0. The van der Waals surface area contributed by atoms with E-state index in [0.29, 0.717) is 5.60 Å². The molecule has 0 amide bonds. The van der Waals surface area contributed by atoms with Crippen molar-refractivity contribution in [3.05, 3.63) is 0 Å². The van der Waals surface area contributed by atoms with Crippen LogP contribution in [0.5, 0.6) is 0 Å². The van der Waals surface area contributed by atoms with Gasteiger partial charge in [-0.05, 0) is 12.8 Å². The Kier molecular flexibility index (Phi) is 1.48. The average molecular weight is 140 g/mol. The van der Waals surface area contributed by atoms with Crippen LogP contribution >= 0.6 is 0 Å². The lowest BCUT2D eigenvalue weighted by atomic mass is 9.73. The molecule has 0 aromatic heterocycles. The standard InChI is InChI=1S/C9H16O/c1-8-7-10-9(8)5-3-2-4-6-9/h8H,2-7H2,1H3. The minimum absolute atomic E-state index is 0.359. The quantitative estimate of drug-likeness (QED) is 0.502. The van der Waals surface area contributed by atoms with Crippen molar-refractivity contribution in [3.63, 3.8) is 0 Å². The highest BCUT2D eigenvalue weighted by molar-refractivity contribution is 4.95. The Hall–Kier alpha value is -0.0400. The van der Waals surface area contributed by atoms with E-state index in [-0.39, 0.29) is 0 Å². The molecule has 1 saturated carbocycles. The first-order chi connectivity index (χ1) is 4.83. The molecule has 0 bridgehead atoms. The van der Waals surface area contributed by atoms with Crippen LogP contribution < -0.4 is 0 Å². The van der Waals surface area contributed by atoms with Crippen molar-refractivity contribution in [1.82, 2.24) is 0 Å². The van der Waals surface area contributed by atoms with E-state index in [1.54, 1.807) is 0 Å². The molecular weight excluding hydrogens is 124 g/mol. The van der Waals surface area contributed by atoms with Crippen molar-refractivity contribution in [2.45, 2.75) is 44.6 Å². The molecule has 1 saturated heterocycles. The summed E-state index contributed by atoms with van der Waals surface area (Å²) in [7, 11) is 0. The van der Waals surface area contributed by atoms with E-state index in [0.717, 1.165) is 12.5 Å². The summed E-state index contributed by atoms with van der Waals surface area (Å²) in [6.07, 6.45) is 6.87. The summed E-state index contributed by atoms with van der Waals surface area (Å²) in [4.78, 5) is 0. The van der Waals surface area contributed by atoms with Crippen LogP contribution in [-0.2, 0) is 4.74 Å².